The van der Waals surface area contributed by atoms with Gasteiger partial charge in [0, 0.05) is 34.9 Å². The molecule has 0 bridgehead atoms. The van der Waals surface area contributed by atoms with E-state index in [1.165, 1.54) is 33.8 Å². The molecule has 0 saturated carbocycles. The Bertz CT molecular complexity index is 1800. The van der Waals surface area contributed by atoms with Crippen LogP contribution in [-0.4, -0.2) is 31.8 Å². The second kappa shape index (κ2) is 10.8. The molecular formula is C31H25FN6O2. The second-order valence-electron chi connectivity index (χ2n) is 9.37. The van der Waals surface area contributed by atoms with Crippen molar-refractivity contribution in [1.29, 1.82) is 0 Å². The van der Waals surface area contributed by atoms with Gasteiger partial charge in [-0.2, -0.15) is 0 Å². The van der Waals surface area contributed by atoms with E-state index in [1.54, 1.807) is 6.20 Å². The smallest absolute Gasteiger partial charge is 0.249 e. The van der Waals surface area contributed by atoms with Crippen LogP contribution in [0.15, 0.2) is 109 Å². The van der Waals surface area contributed by atoms with E-state index in [0.29, 0.717) is 22.3 Å². The van der Waals surface area contributed by atoms with E-state index in [9.17, 15) is 14.0 Å². The molecule has 2 N–H and O–H groups in total. The van der Waals surface area contributed by atoms with Gasteiger partial charge in [-0.3, -0.25) is 14.5 Å². The first-order chi connectivity index (χ1) is 19.6. The molecule has 2 aromatic heterocycles. The van der Waals surface area contributed by atoms with Crippen LogP contribution in [0, 0.1) is 5.82 Å². The number of aromatic amines is 1. The van der Waals surface area contributed by atoms with E-state index in [1.807, 2.05) is 78.9 Å². The van der Waals surface area contributed by atoms with Crippen LogP contribution in [0.1, 0.15) is 17.2 Å². The Morgan fingerprint density at radius 1 is 0.900 bits per heavy atom. The van der Waals surface area contributed by atoms with Gasteiger partial charge in [-0.25, -0.2) is 9.07 Å². The number of carbonyl (C=O) groups is 2. The van der Waals surface area contributed by atoms with Crippen molar-refractivity contribution < 1.29 is 14.0 Å². The number of carbonyl (C=O) groups excluding carboxylic acids is 2. The van der Waals surface area contributed by atoms with E-state index in [4.69, 9.17) is 0 Å². The average Bonchev–Trinajstić information content (AvgIpc) is 3.60. The molecule has 1 atom stereocenters. The van der Waals surface area contributed by atoms with Crippen LogP contribution in [0.2, 0.25) is 0 Å². The maximum atomic E-state index is 14.1. The van der Waals surface area contributed by atoms with Crippen molar-refractivity contribution in [2.45, 2.75) is 19.1 Å². The SMILES string of the molecule is O=C(NCc1ccccc1)[C@@H](c1c[nH]c2ccccc12)N(C(=O)Cn1nnc2ccccc21)c1ccc(F)cc1. The number of rotatable bonds is 8. The number of anilines is 1. The zero-order valence-corrected chi connectivity index (χ0v) is 21.4. The number of hydrogen-bond donors (Lipinski definition) is 2. The maximum Gasteiger partial charge on any atom is 0.249 e. The van der Waals surface area contributed by atoms with E-state index < -0.39 is 17.8 Å². The molecule has 2 amide bonds. The Kier molecular flexibility index (Phi) is 6.76. The highest BCUT2D eigenvalue weighted by molar-refractivity contribution is 6.03. The summed E-state index contributed by atoms with van der Waals surface area (Å²) in [6.07, 6.45) is 1.74. The van der Waals surface area contributed by atoms with Crippen LogP contribution in [0.3, 0.4) is 0 Å². The highest BCUT2D eigenvalue weighted by Gasteiger charge is 2.35. The van der Waals surface area contributed by atoms with Crippen LogP contribution < -0.4 is 10.2 Å². The van der Waals surface area contributed by atoms with Gasteiger partial charge in [0.2, 0.25) is 11.8 Å². The molecule has 6 aromatic rings. The summed E-state index contributed by atoms with van der Waals surface area (Å²) < 4.78 is 15.5. The van der Waals surface area contributed by atoms with Crippen molar-refractivity contribution in [3.63, 3.8) is 0 Å². The highest BCUT2D eigenvalue weighted by Crippen LogP contribution is 2.33. The summed E-state index contributed by atoms with van der Waals surface area (Å²) >= 11 is 0. The molecule has 40 heavy (non-hydrogen) atoms. The molecule has 0 unspecified atom stereocenters. The number of hydrogen-bond acceptors (Lipinski definition) is 4. The van der Waals surface area contributed by atoms with Crippen molar-refractivity contribution in [3.8, 4) is 0 Å². The molecule has 0 aliphatic rings. The third-order valence-electron chi connectivity index (χ3n) is 6.81. The van der Waals surface area contributed by atoms with Crippen LogP contribution in [-0.2, 0) is 22.7 Å². The molecule has 0 radical (unpaired) electrons. The summed E-state index contributed by atoms with van der Waals surface area (Å²) in [5.74, 6) is -1.24. The third-order valence-corrected chi connectivity index (χ3v) is 6.81. The summed E-state index contributed by atoms with van der Waals surface area (Å²) in [4.78, 5) is 32.8. The van der Waals surface area contributed by atoms with Gasteiger partial charge in [-0.15, -0.1) is 5.10 Å². The highest BCUT2D eigenvalue weighted by atomic mass is 19.1. The number of nitrogens with one attached hydrogen (secondary N) is 2. The Balaban J connectivity index is 1.44. The first-order valence-corrected chi connectivity index (χ1v) is 12.8. The van der Waals surface area contributed by atoms with Crippen molar-refractivity contribution in [2.24, 2.45) is 0 Å². The maximum absolute atomic E-state index is 14.1. The summed E-state index contributed by atoms with van der Waals surface area (Å²) in [7, 11) is 0. The fraction of sp³-hybridized carbons (Fsp3) is 0.0968. The van der Waals surface area contributed by atoms with Gasteiger partial charge < -0.3 is 10.3 Å². The third kappa shape index (κ3) is 4.92. The van der Waals surface area contributed by atoms with E-state index in [2.05, 4.69) is 20.6 Å². The van der Waals surface area contributed by atoms with Gasteiger partial charge in [0.25, 0.3) is 0 Å². The van der Waals surface area contributed by atoms with Crippen molar-refractivity contribution >= 4 is 39.4 Å². The Morgan fingerprint density at radius 2 is 1.62 bits per heavy atom. The fourth-order valence-corrected chi connectivity index (χ4v) is 4.88. The van der Waals surface area contributed by atoms with E-state index in [-0.39, 0.29) is 19.0 Å². The molecule has 0 aliphatic heterocycles. The standard InChI is InChI=1S/C31H25FN6O2/c32-22-14-16-23(17-15-22)38(29(39)20-37-28-13-7-6-12-27(28)35-36-37)30(25-19-33-26-11-5-4-10-24(25)26)31(40)34-18-21-8-2-1-3-9-21/h1-17,19,30,33H,18,20H2,(H,34,40)/t30-/m1/s1. The summed E-state index contributed by atoms with van der Waals surface area (Å²) in [5.41, 5.74) is 4.07. The lowest BCUT2D eigenvalue weighted by atomic mass is 10.0. The minimum absolute atomic E-state index is 0.178. The number of fused-ring (bicyclic) bond motifs is 2. The zero-order valence-electron chi connectivity index (χ0n) is 21.4. The average molecular weight is 533 g/mol. The van der Waals surface area contributed by atoms with Gasteiger partial charge in [0.15, 0.2) is 0 Å². The zero-order chi connectivity index (χ0) is 27.5. The lowest BCUT2D eigenvalue weighted by Gasteiger charge is -2.31. The van der Waals surface area contributed by atoms with Gasteiger partial charge >= 0.3 is 0 Å². The number of nitrogens with zero attached hydrogens (tertiary/aromatic N) is 4. The lowest BCUT2D eigenvalue weighted by molar-refractivity contribution is -0.127. The molecule has 0 spiro atoms. The summed E-state index contributed by atoms with van der Waals surface area (Å²) in [5, 5.41) is 12.1. The number of halogens is 1. The largest absolute Gasteiger partial charge is 0.361 e. The molecule has 8 nitrogen and oxygen atoms in total. The fourth-order valence-electron chi connectivity index (χ4n) is 4.88. The molecule has 0 aliphatic carbocycles. The van der Waals surface area contributed by atoms with Crippen molar-refractivity contribution in [2.75, 3.05) is 4.90 Å². The number of aromatic nitrogens is 4. The Labute approximate surface area is 229 Å². The topological polar surface area (TPSA) is 95.9 Å². The van der Waals surface area contributed by atoms with Gasteiger partial charge in [0.05, 0.1) is 5.52 Å². The van der Waals surface area contributed by atoms with Crippen molar-refractivity contribution in [1.82, 2.24) is 25.3 Å². The normalized spacial score (nSPS) is 11.9. The molecular weight excluding hydrogens is 507 g/mol. The molecule has 0 fully saturated rings. The quantitative estimate of drug-likeness (QED) is 0.284. The number of H-pyrrole nitrogens is 1. The number of benzene rings is 4. The molecule has 6 rings (SSSR count). The van der Waals surface area contributed by atoms with Crippen LogP contribution in [0.5, 0.6) is 0 Å². The monoisotopic (exact) mass is 532 g/mol. The van der Waals surface area contributed by atoms with Crippen LogP contribution >= 0.6 is 0 Å². The van der Waals surface area contributed by atoms with Gasteiger partial charge in [-0.1, -0.05) is 65.9 Å². The van der Waals surface area contributed by atoms with Crippen LogP contribution in [0.25, 0.3) is 21.9 Å². The molecule has 0 saturated heterocycles. The van der Waals surface area contributed by atoms with Crippen LogP contribution in [0.4, 0.5) is 10.1 Å². The minimum atomic E-state index is -1.06. The number of amides is 2. The first-order valence-electron chi connectivity index (χ1n) is 12.8. The van der Waals surface area contributed by atoms with Crippen molar-refractivity contribution in [3.05, 3.63) is 126 Å². The second-order valence-corrected chi connectivity index (χ2v) is 9.37. The molecule has 198 valence electrons. The summed E-state index contributed by atoms with van der Waals surface area (Å²) in [6.45, 7) is 0.0976. The van der Waals surface area contributed by atoms with E-state index >= 15 is 0 Å². The lowest BCUT2D eigenvalue weighted by Crippen LogP contribution is -2.45. The van der Waals surface area contributed by atoms with Gasteiger partial charge in [0.1, 0.15) is 23.9 Å². The first kappa shape index (κ1) is 25.0. The minimum Gasteiger partial charge on any atom is -0.361 e. The van der Waals surface area contributed by atoms with Gasteiger partial charge in [-0.05, 0) is 48.0 Å². The number of para-hydroxylation sites is 2. The Hall–Kier alpha value is -5.31. The predicted octanol–water partition coefficient (Wildman–Crippen LogP) is 5.14. The summed E-state index contributed by atoms with van der Waals surface area (Å²) in [6, 6.07) is 28.9. The molecule has 4 aromatic carbocycles. The Morgan fingerprint density at radius 3 is 2.45 bits per heavy atom. The van der Waals surface area contributed by atoms with E-state index in [0.717, 1.165) is 16.5 Å². The molecule has 9 heteroatoms. The molecule has 2 heterocycles. The predicted molar refractivity (Wildman–Crippen MR) is 151 cm³/mol.